The first-order chi connectivity index (χ1) is 15.4. The quantitative estimate of drug-likeness (QED) is 0.433. The van der Waals surface area contributed by atoms with Crippen molar-refractivity contribution in [3.8, 4) is 0 Å². The Morgan fingerprint density at radius 1 is 0.906 bits per heavy atom. The summed E-state index contributed by atoms with van der Waals surface area (Å²) in [5.74, 6) is -0.245. The van der Waals surface area contributed by atoms with Crippen molar-refractivity contribution >= 4 is 58.1 Å². The van der Waals surface area contributed by atoms with Crippen molar-refractivity contribution in [2.45, 2.75) is 13.0 Å². The van der Waals surface area contributed by atoms with Crippen LogP contribution in [0.2, 0.25) is 15.1 Å². The summed E-state index contributed by atoms with van der Waals surface area (Å²) in [6.07, 6.45) is 0.828. The van der Waals surface area contributed by atoms with Gasteiger partial charge in [0.15, 0.2) is 0 Å². The van der Waals surface area contributed by atoms with Gasteiger partial charge in [0.05, 0.1) is 10.0 Å². The van der Waals surface area contributed by atoms with Crippen molar-refractivity contribution in [3.63, 3.8) is 0 Å². The number of hydrogen-bond acceptors (Lipinski definition) is 2. The lowest BCUT2D eigenvalue weighted by molar-refractivity contribution is 0.102. The number of urea groups is 1. The number of carbonyl (C=O) groups excluding carboxylic acids is 2. The summed E-state index contributed by atoms with van der Waals surface area (Å²) in [5, 5.41) is 4.39. The van der Waals surface area contributed by atoms with E-state index in [4.69, 9.17) is 34.8 Å². The number of hydrogen-bond donors (Lipinski definition) is 1. The zero-order valence-corrected chi connectivity index (χ0v) is 19.3. The van der Waals surface area contributed by atoms with Gasteiger partial charge in [-0.25, -0.2) is 4.79 Å². The van der Waals surface area contributed by atoms with Crippen LogP contribution in [-0.4, -0.2) is 29.9 Å². The first kappa shape index (κ1) is 22.5. The van der Waals surface area contributed by atoms with E-state index in [2.05, 4.69) is 5.32 Å². The van der Waals surface area contributed by atoms with E-state index in [1.807, 2.05) is 18.2 Å². The van der Waals surface area contributed by atoms with Gasteiger partial charge in [-0.2, -0.15) is 0 Å². The predicted octanol–water partition coefficient (Wildman–Crippen LogP) is 6.73. The standard InChI is InChI=1S/C24H20Cl3N3O2/c25-18-8-6-17(7-9-18)23(31)28-19-3-1-4-20(14-19)30-12-2-11-29(24(30)32)15-16-5-10-21(26)22(27)13-16/h1,3-10,13-14H,2,11-12,15H2,(H,28,31). The first-order valence-electron chi connectivity index (χ1n) is 10.1. The summed E-state index contributed by atoms with van der Waals surface area (Å²) >= 11 is 18.0. The van der Waals surface area contributed by atoms with Crippen molar-refractivity contribution in [2.24, 2.45) is 0 Å². The highest BCUT2D eigenvalue weighted by Gasteiger charge is 2.27. The molecule has 0 atom stereocenters. The van der Waals surface area contributed by atoms with Crippen LogP contribution < -0.4 is 10.2 Å². The van der Waals surface area contributed by atoms with E-state index in [1.54, 1.807) is 58.3 Å². The van der Waals surface area contributed by atoms with Gasteiger partial charge in [0.2, 0.25) is 0 Å². The Bertz CT molecular complexity index is 1150. The molecule has 1 saturated heterocycles. The normalized spacial score (nSPS) is 13.9. The first-order valence-corrected chi connectivity index (χ1v) is 11.2. The third kappa shape index (κ3) is 5.18. The highest BCUT2D eigenvalue weighted by atomic mass is 35.5. The molecule has 0 aliphatic carbocycles. The Balaban J connectivity index is 1.47. The Morgan fingerprint density at radius 3 is 2.44 bits per heavy atom. The van der Waals surface area contributed by atoms with Crippen LogP contribution >= 0.6 is 34.8 Å². The van der Waals surface area contributed by atoms with Gasteiger partial charge < -0.3 is 10.2 Å². The van der Waals surface area contributed by atoms with E-state index in [0.29, 0.717) is 46.0 Å². The molecule has 1 fully saturated rings. The zero-order valence-electron chi connectivity index (χ0n) is 17.0. The summed E-state index contributed by atoms with van der Waals surface area (Å²) in [6.45, 7) is 1.70. The average Bonchev–Trinajstić information content (AvgIpc) is 2.78. The molecule has 0 radical (unpaired) electrons. The smallest absolute Gasteiger partial charge is 0.322 e. The highest BCUT2D eigenvalue weighted by Crippen LogP contribution is 2.27. The summed E-state index contributed by atoms with van der Waals surface area (Å²) in [4.78, 5) is 29.2. The molecule has 164 valence electrons. The number of nitrogens with one attached hydrogen (secondary N) is 1. The number of amides is 3. The Hall–Kier alpha value is -2.73. The van der Waals surface area contributed by atoms with Gasteiger partial charge >= 0.3 is 6.03 Å². The van der Waals surface area contributed by atoms with Gasteiger partial charge in [-0.1, -0.05) is 46.9 Å². The second-order valence-corrected chi connectivity index (χ2v) is 8.72. The maximum Gasteiger partial charge on any atom is 0.324 e. The molecule has 1 aliphatic heterocycles. The number of benzene rings is 3. The number of carbonyl (C=O) groups is 2. The topological polar surface area (TPSA) is 52.7 Å². The molecular weight excluding hydrogens is 469 g/mol. The van der Waals surface area contributed by atoms with Crippen molar-refractivity contribution < 1.29 is 9.59 Å². The Kier molecular flexibility index (Phi) is 6.89. The molecule has 0 unspecified atom stereocenters. The lowest BCUT2D eigenvalue weighted by Gasteiger charge is -2.36. The molecule has 0 spiro atoms. The molecule has 0 saturated carbocycles. The molecule has 4 rings (SSSR count). The molecule has 3 aromatic rings. The zero-order chi connectivity index (χ0) is 22.7. The van der Waals surface area contributed by atoms with Crippen LogP contribution in [0.25, 0.3) is 0 Å². The average molecular weight is 489 g/mol. The fourth-order valence-corrected chi connectivity index (χ4v) is 4.03. The minimum absolute atomic E-state index is 0.0940. The highest BCUT2D eigenvalue weighted by molar-refractivity contribution is 6.42. The van der Waals surface area contributed by atoms with Crippen LogP contribution in [0.1, 0.15) is 22.3 Å². The van der Waals surface area contributed by atoms with Crippen LogP contribution in [0.4, 0.5) is 16.2 Å². The largest absolute Gasteiger partial charge is 0.324 e. The van der Waals surface area contributed by atoms with Crippen LogP contribution in [0.15, 0.2) is 66.7 Å². The van der Waals surface area contributed by atoms with E-state index in [1.165, 1.54) is 0 Å². The molecule has 5 nitrogen and oxygen atoms in total. The second-order valence-electron chi connectivity index (χ2n) is 7.47. The SMILES string of the molecule is O=C(Nc1cccc(N2CCCN(Cc3ccc(Cl)c(Cl)c3)C2=O)c1)c1ccc(Cl)cc1. The molecule has 32 heavy (non-hydrogen) atoms. The van der Waals surface area contributed by atoms with E-state index >= 15 is 0 Å². The molecule has 1 N–H and O–H groups in total. The van der Waals surface area contributed by atoms with E-state index < -0.39 is 0 Å². The Morgan fingerprint density at radius 2 is 1.69 bits per heavy atom. The summed E-state index contributed by atoms with van der Waals surface area (Å²) in [6, 6.07) is 19.2. The third-order valence-electron chi connectivity index (χ3n) is 5.19. The maximum atomic E-state index is 13.2. The predicted molar refractivity (Wildman–Crippen MR) is 130 cm³/mol. The van der Waals surface area contributed by atoms with Crippen LogP contribution in [-0.2, 0) is 6.54 Å². The second kappa shape index (κ2) is 9.82. The molecule has 3 amide bonds. The molecule has 0 bridgehead atoms. The molecular formula is C24H20Cl3N3O2. The van der Waals surface area contributed by atoms with Crippen molar-refractivity contribution in [3.05, 3.63) is 92.9 Å². The summed E-state index contributed by atoms with van der Waals surface area (Å²) in [7, 11) is 0. The van der Waals surface area contributed by atoms with E-state index in [0.717, 1.165) is 17.7 Å². The summed E-state index contributed by atoms with van der Waals surface area (Å²) in [5.41, 5.74) is 2.75. The van der Waals surface area contributed by atoms with Crippen LogP contribution in [0, 0.1) is 0 Å². The third-order valence-corrected chi connectivity index (χ3v) is 6.18. The van der Waals surface area contributed by atoms with Crippen molar-refractivity contribution in [1.82, 2.24) is 4.90 Å². The minimum Gasteiger partial charge on any atom is -0.322 e. The number of nitrogens with zero attached hydrogens (tertiary/aromatic N) is 2. The molecule has 3 aromatic carbocycles. The molecule has 1 aliphatic rings. The monoisotopic (exact) mass is 487 g/mol. The Labute approximate surface area is 201 Å². The maximum absolute atomic E-state index is 13.2. The number of halogens is 3. The van der Waals surface area contributed by atoms with E-state index in [9.17, 15) is 9.59 Å². The van der Waals surface area contributed by atoms with Gasteiger partial charge in [-0.15, -0.1) is 0 Å². The van der Waals surface area contributed by atoms with Gasteiger partial charge in [0.1, 0.15) is 0 Å². The molecule has 0 aromatic heterocycles. The lowest BCUT2D eigenvalue weighted by Crippen LogP contribution is -2.49. The molecule has 8 heteroatoms. The lowest BCUT2D eigenvalue weighted by atomic mass is 10.1. The van der Waals surface area contributed by atoms with Crippen LogP contribution in [0.5, 0.6) is 0 Å². The van der Waals surface area contributed by atoms with E-state index in [-0.39, 0.29) is 11.9 Å². The minimum atomic E-state index is -0.245. The number of anilines is 2. The van der Waals surface area contributed by atoms with Gasteiger partial charge in [-0.05, 0) is 66.6 Å². The van der Waals surface area contributed by atoms with Gasteiger partial charge in [0, 0.05) is 41.6 Å². The summed E-state index contributed by atoms with van der Waals surface area (Å²) < 4.78 is 0. The van der Waals surface area contributed by atoms with Gasteiger partial charge in [-0.3, -0.25) is 9.69 Å². The van der Waals surface area contributed by atoms with Crippen LogP contribution in [0.3, 0.4) is 0 Å². The van der Waals surface area contributed by atoms with Crippen molar-refractivity contribution in [1.29, 1.82) is 0 Å². The number of rotatable bonds is 5. The van der Waals surface area contributed by atoms with Crippen molar-refractivity contribution in [2.75, 3.05) is 23.3 Å². The fraction of sp³-hybridized carbons (Fsp3) is 0.167. The molecule has 1 heterocycles. The van der Waals surface area contributed by atoms with Gasteiger partial charge in [0.25, 0.3) is 5.91 Å². The fourth-order valence-electron chi connectivity index (χ4n) is 3.58.